The highest BCUT2D eigenvalue weighted by Gasteiger charge is 2.34. The van der Waals surface area contributed by atoms with E-state index in [2.05, 4.69) is 27.6 Å². The van der Waals surface area contributed by atoms with Gasteiger partial charge in [-0.2, -0.15) is 0 Å². The molecule has 38 heavy (non-hydrogen) atoms. The molecule has 3 heterocycles. The van der Waals surface area contributed by atoms with Crippen molar-refractivity contribution in [3.05, 3.63) is 92.3 Å². The minimum atomic E-state index is -0.841. The van der Waals surface area contributed by atoms with E-state index in [0.717, 1.165) is 23.5 Å². The first kappa shape index (κ1) is 25.4. The van der Waals surface area contributed by atoms with Gasteiger partial charge in [0.1, 0.15) is 10.8 Å². The van der Waals surface area contributed by atoms with Crippen molar-refractivity contribution in [3.8, 4) is 11.4 Å². The highest BCUT2D eigenvalue weighted by Crippen LogP contribution is 2.38. The summed E-state index contributed by atoms with van der Waals surface area (Å²) in [5.41, 5.74) is 1.81. The smallest absolute Gasteiger partial charge is 0.441 e. The first-order chi connectivity index (χ1) is 18.5. The van der Waals surface area contributed by atoms with Crippen LogP contribution in [0.2, 0.25) is 0 Å². The van der Waals surface area contributed by atoms with Crippen molar-refractivity contribution >= 4 is 28.2 Å². The predicted molar refractivity (Wildman–Crippen MR) is 140 cm³/mol. The van der Waals surface area contributed by atoms with Crippen molar-refractivity contribution < 1.29 is 28.3 Å². The molecule has 0 spiro atoms. The van der Waals surface area contributed by atoms with Gasteiger partial charge in [-0.05, 0) is 46.6 Å². The number of nitrogens with one attached hydrogen (secondary N) is 2. The molecular formula is C27H27N4O6S+. The van der Waals surface area contributed by atoms with Crippen molar-refractivity contribution in [3.63, 3.8) is 0 Å². The maximum Gasteiger partial charge on any atom is 0.441 e. The van der Waals surface area contributed by atoms with Gasteiger partial charge in [0.25, 0.3) is 0 Å². The Labute approximate surface area is 222 Å². The minimum Gasteiger partial charge on any atom is -0.497 e. The van der Waals surface area contributed by atoms with Crippen LogP contribution < -0.4 is 20.4 Å². The van der Waals surface area contributed by atoms with Gasteiger partial charge in [-0.1, -0.05) is 30.3 Å². The fraction of sp³-hybridized carbons (Fsp3) is 0.259. The molecule has 0 bridgehead atoms. The first-order valence-corrected chi connectivity index (χ1v) is 13.0. The molecule has 11 heteroatoms. The van der Waals surface area contributed by atoms with Crippen LogP contribution in [-0.4, -0.2) is 42.3 Å². The molecule has 2 N–H and O–H groups in total. The van der Waals surface area contributed by atoms with Gasteiger partial charge in [0.2, 0.25) is 5.69 Å². The van der Waals surface area contributed by atoms with Gasteiger partial charge in [0, 0.05) is 36.6 Å². The SMILES string of the molecule is CCOC(=O)c1c(NC(=O)c2c(=O)o[nH][n+]2-c2ccc(OC)cc2)sc2c1CCN(Cc1ccccc1)C2. The molecule has 1 aliphatic rings. The fourth-order valence-corrected chi connectivity index (χ4v) is 5.76. The number of rotatable bonds is 8. The molecule has 2 aromatic carbocycles. The van der Waals surface area contributed by atoms with Crippen LogP contribution in [0.25, 0.3) is 5.69 Å². The number of hydrogen-bond acceptors (Lipinski definition) is 8. The third kappa shape index (κ3) is 5.11. The van der Waals surface area contributed by atoms with Crippen molar-refractivity contribution in [1.82, 2.24) is 10.2 Å². The number of ether oxygens (including phenoxy) is 2. The number of aromatic amines is 1. The zero-order chi connectivity index (χ0) is 26.6. The number of amides is 1. The Balaban J connectivity index is 1.44. The molecule has 0 aliphatic carbocycles. The number of benzene rings is 2. The third-order valence-corrected chi connectivity index (χ3v) is 7.42. The van der Waals surface area contributed by atoms with Crippen molar-refractivity contribution in [2.75, 3.05) is 25.6 Å². The van der Waals surface area contributed by atoms with Gasteiger partial charge in [-0.3, -0.25) is 14.2 Å². The van der Waals surface area contributed by atoms with Crippen LogP contribution >= 0.6 is 11.3 Å². The molecule has 0 saturated heterocycles. The van der Waals surface area contributed by atoms with Crippen LogP contribution in [0.3, 0.4) is 0 Å². The van der Waals surface area contributed by atoms with Gasteiger partial charge < -0.3 is 14.8 Å². The van der Waals surface area contributed by atoms with E-state index >= 15 is 0 Å². The van der Waals surface area contributed by atoms with Crippen molar-refractivity contribution in [1.29, 1.82) is 0 Å². The Hall–Kier alpha value is -4.22. The number of H-pyrrole nitrogens is 1. The summed E-state index contributed by atoms with van der Waals surface area (Å²) in [6.45, 7) is 4.11. The maximum atomic E-state index is 13.4. The number of methoxy groups -OCH3 is 1. The summed E-state index contributed by atoms with van der Waals surface area (Å²) in [6.07, 6.45) is 0.640. The lowest BCUT2D eigenvalue weighted by molar-refractivity contribution is -0.672. The lowest BCUT2D eigenvalue weighted by atomic mass is 10.0. The van der Waals surface area contributed by atoms with E-state index in [1.807, 2.05) is 18.2 Å². The third-order valence-electron chi connectivity index (χ3n) is 6.28. The van der Waals surface area contributed by atoms with E-state index in [1.165, 1.54) is 21.6 Å². The molecule has 2 aromatic heterocycles. The summed E-state index contributed by atoms with van der Waals surface area (Å²) in [4.78, 5) is 42.1. The molecule has 196 valence electrons. The second-order valence-electron chi connectivity index (χ2n) is 8.69. The Morgan fingerprint density at radius 1 is 1.16 bits per heavy atom. The van der Waals surface area contributed by atoms with Crippen LogP contribution in [0.5, 0.6) is 5.75 Å². The largest absolute Gasteiger partial charge is 0.497 e. The molecule has 1 aliphatic heterocycles. The summed E-state index contributed by atoms with van der Waals surface area (Å²) < 4.78 is 16.7. The quantitative estimate of drug-likeness (QED) is 0.263. The number of aromatic nitrogens is 2. The summed E-state index contributed by atoms with van der Waals surface area (Å²) in [7, 11) is 1.55. The van der Waals surface area contributed by atoms with Gasteiger partial charge >= 0.3 is 23.2 Å². The monoisotopic (exact) mass is 535 g/mol. The Bertz CT molecular complexity index is 1510. The van der Waals surface area contributed by atoms with Gasteiger partial charge in [-0.15, -0.1) is 11.3 Å². The van der Waals surface area contributed by atoms with E-state index in [0.29, 0.717) is 35.0 Å². The second-order valence-corrected chi connectivity index (χ2v) is 9.80. The maximum absolute atomic E-state index is 13.4. The summed E-state index contributed by atoms with van der Waals surface area (Å²) in [6, 6.07) is 16.9. The van der Waals surface area contributed by atoms with Crippen LogP contribution in [0.4, 0.5) is 5.00 Å². The van der Waals surface area contributed by atoms with Crippen molar-refractivity contribution in [2.24, 2.45) is 0 Å². The van der Waals surface area contributed by atoms with E-state index in [1.54, 1.807) is 38.3 Å². The number of hydrogen-bond donors (Lipinski definition) is 2. The standard InChI is InChI=1S/C27H26N4O6S/c1-3-36-26(33)22-20-13-14-30(15-17-7-5-4-6-8-17)16-21(20)38-25(22)28-24(32)23-27(34)37-29-31(23)18-9-11-19(35-2)12-10-18/h4-12H,3,13-16H2,1-2H3,(H-,28,29,32,33,34)/p+1. The number of esters is 1. The summed E-state index contributed by atoms with van der Waals surface area (Å²) in [5.74, 6) is -0.585. The molecule has 10 nitrogen and oxygen atoms in total. The van der Waals surface area contributed by atoms with E-state index in [4.69, 9.17) is 14.0 Å². The average molecular weight is 536 g/mol. The van der Waals surface area contributed by atoms with E-state index in [9.17, 15) is 14.4 Å². The molecule has 0 unspecified atom stereocenters. The van der Waals surface area contributed by atoms with E-state index in [-0.39, 0.29) is 12.3 Å². The molecule has 4 aromatic rings. The number of nitrogens with zero attached hydrogens (tertiary/aromatic N) is 2. The molecule has 0 radical (unpaired) electrons. The summed E-state index contributed by atoms with van der Waals surface area (Å²) >= 11 is 1.33. The Kier molecular flexibility index (Phi) is 7.38. The van der Waals surface area contributed by atoms with Gasteiger partial charge in [0.05, 0.1) is 19.3 Å². The fourth-order valence-electron chi connectivity index (χ4n) is 4.48. The number of thiophene rings is 1. The number of carbonyl (C=O) groups is 2. The topological polar surface area (TPSA) is 118 Å². The molecule has 5 rings (SSSR count). The zero-order valence-corrected chi connectivity index (χ0v) is 21.8. The number of carbonyl (C=O) groups excluding carboxylic acids is 2. The molecule has 0 saturated carbocycles. The Morgan fingerprint density at radius 2 is 1.92 bits per heavy atom. The van der Waals surface area contributed by atoms with Crippen molar-refractivity contribution in [2.45, 2.75) is 26.4 Å². The number of fused-ring (bicyclic) bond motifs is 1. The molecule has 0 atom stereocenters. The van der Waals surface area contributed by atoms with E-state index < -0.39 is 17.5 Å². The first-order valence-electron chi connectivity index (χ1n) is 12.2. The average Bonchev–Trinajstić information content (AvgIpc) is 3.49. The van der Waals surface area contributed by atoms with Crippen LogP contribution in [0, 0.1) is 0 Å². The van der Waals surface area contributed by atoms with Crippen LogP contribution in [0.15, 0.2) is 63.9 Å². The highest BCUT2D eigenvalue weighted by atomic mass is 32.1. The Morgan fingerprint density at radius 3 is 2.63 bits per heavy atom. The van der Waals surface area contributed by atoms with Gasteiger partial charge in [0.15, 0.2) is 0 Å². The minimum absolute atomic E-state index is 0.204. The van der Waals surface area contributed by atoms with Gasteiger partial charge in [-0.25, -0.2) is 9.59 Å². The predicted octanol–water partition coefficient (Wildman–Crippen LogP) is 3.30. The zero-order valence-electron chi connectivity index (χ0n) is 21.0. The lowest BCUT2D eigenvalue weighted by Gasteiger charge is -2.27. The molecule has 1 amide bonds. The molecular weight excluding hydrogens is 508 g/mol. The van der Waals surface area contributed by atoms with Crippen LogP contribution in [-0.2, 0) is 24.2 Å². The molecule has 0 fully saturated rings. The highest BCUT2D eigenvalue weighted by molar-refractivity contribution is 7.17. The second kappa shape index (κ2) is 11.0. The normalized spacial score (nSPS) is 13.1. The van der Waals surface area contributed by atoms with Crippen LogP contribution in [0.1, 0.15) is 43.8 Å². The summed E-state index contributed by atoms with van der Waals surface area (Å²) in [5, 5.41) is 5.59. The lowest BCUT2D eigenvalue weighted by Crippen LogP contribution is -2.42. The number of anilines is 1.